The summed E-state index contributed by atoms with van der Waals surface area (Å²) in [5, 5.41) is 47.3. The van der Waals surface area contributed by atoms with Crippen LogP contribution in [0.1, 0.15) is 118 Å². The number of likely N-dealkylation sites (N-methyl/N-ethyl adjacent to an activating group) is 2. The van der Waals surface area contributed by atoms with Gasteiger partial charge in [-0.05, 0) is 98.8 Å². The number of hydrogen-bond donors (Lipinski definition) is 9. The predicted molar refractivity (Wildman–Crippen MR) is 298 cm³/mol. The second kappa shape index (κ2) is 28.5. The summed E-state index contributed by atoms with van der Waals surface area (Å²) in [6.07, 6.45) is 0.0557. The van der Waals surface area contributed by atoms with E-state index in [-0.39, 0.29) is 123 Å². The number of carbonyl (C=O) groups is 8. The fourth-order valence-corrected chi connectivity index (χ4v) is 9.49. The Kier molecular flexibility index (Phi) is 24.1. The number of halogens is 2. The van der Waals surface area contributed by atoms with Crippen LogP contribution < -0.4 is 36.6 Å². The number of phenols is 2. The number of nitrogens with zero attached hydrogens (tertiary/aromatic N) is 2. The van der Waals surface area contributed by atoms with Gasteiger partial charge in [-0.25, -0.2) is 0 Å². The summed E-state index contributed by atoms with van der Waals surface area (Å²) in [6, 6.07) is 10.2. The van der Waals surface area contributed by atoms with Gasteiger partial charge in [-0.3, -0.25) is 38.4 Å². The zero-order valence-electron chi connectivity index (χ0n) is 46.5. The van der Waals surface area contributed by atoms with E-state index in [1.807, 2.05) is 0 Å². The second-order valence-electron chi connectivity index (χ2n) is 22.3. The third-order valence-electron chi connectivity index (χ3n) is 14.4. The molecule has 0 unspecified atom stereocenters. The molecule has 0 bridgehead atoms. The van der Waals surface area contributed by atoms with Crippen LogP contribution in [0.3, 0.4) is 0 Å². The monoisotopic (exact) mass is 1130 g/mol. The molecule has 2 aliphatic heterocycles. The molecule has 2 aliphatic rings. The molecule has 430 valence electrons. The molecule has 2 fully saturated rings. The average Bonchev–Trinajstić information content (AvgIpc) is 4.01. The molecular formula is C56H80Cl2N8O12. The normalized spacial score (nSPS) is 18.7. The Morgan fingerprint density at radius 2 is 1.04 bits per heavy atom. The van der Waals surface area contributed by atoms with Gasteiger partial charge in [0.2, 0.25) is 35.4 Å². The lowest BCUT2D eigenvalue weighted by Gasteiger charge is -2.36. The van der Waals surface area contributed by atoms with Crippen LogP contribution in [0.2, 0.25) is 0 Å². The SMILES string of the molecule is CN[C@@H](C)C(=O)N[C@H](C(=O)N1C[C@@H](CC(=O)c2cccc(C(=O)C[C@H]3C[C@@H](C(=O)NCc4ccc(OC)c(O)c4)N(C(=O)[C@@H](NC(=O)[C@H](C)NC)C(C)(C)C)C3)c2)C[C@H]1C(=O)NCc1ccc(CO)c(O)c1)C(C)(C)C.Cl.Cl. The molecule has 0 aromatic heterocycles. The maximum Gasteiger partial charge on any atom is 0.246 e. The molecule has 0 radical (unpaired) electrons. The average molecular weight is 1130 g/mol. The lowest BCUT2D eigenvalue weighted by Crippen LogP contribution is -2.59. The number of ether oxygens (including phenoxy) is 1. The topological polar surface area (TPSA) is 285 Å². The first-order valence-corrected chi connectivity index (χ1v) is 25.8. The molecule has 20 nitrogen and oxygen atoms in total. The molecule has 2 saturated heterocycles. The van der Waals surface area contributed by atoms with Crippen LogP contribution in [-0.2, 0) is 48.5 Å². The van der Waals surface area contributed by atoms with Crippen molar-refractivity contribution in [2.24, 2.45) is 22.7 Å². The van der Waals surface area contributed by atoms with Crippen LogP contribution in [0.5, 0.6) is 17.2 Å². The van der Waals surface area contributed by atoms with Crippen LogP contribution in [0.25, 0.3) is 0 Å². The van der Waals surface area contributed by atoms with E-state index in [2.05, 4.69) is 31.9 Å². The number of aliphatic hydroxyl groups is 1. The Morgan fingerprint density at radius 1 is 0.628 bits per heavy atom. The number of amides is 6. The lowest BCUT2D eigenvalue weighted by molar-refractivity contribution is -0.144. The molecule has 22 heteroatoms. The largest absolute Gasteiger partial charge is 0.508 e. The number of rotatable bonds is 22. The molecule has 0 aliphatic carbocycles. The number of nitrogens with one attached hydrogen (secondary N) is 6. The number of methoxy groups -OCH3 is 1. The van der Waals surface area contributed by atoms with Gasteiger partial charge in [0, 0.05) is 55.7 Å². The van der Waals surface area contributed by atoms with Crippen LogP contribution in [-0.4, -0.2) is 143 Å². The van der Waals surface area contributed by atoms with E-state index in [9.17, 15) is 53.7 Å². The third kappa shape index (κ3) is 16.8. The van der Waals surface area contributed by atoms with Crippen molar-refractivity contribution >= 4 is 71.8 Å². The summed E-state index contributed by atoms with van der Waals surface area (Å²) in [5.74, 6) is -4.46. The van der Waals surface area contributed by atoms with E-state index in [0.717, 1.165) is 0 Å². The Morgan fingerprint density at radius 3 is 1.40 bits per heavy atom. The third-order valence-corrected chi connectivity index (χ3v) is 14.4. The number of aliphatic hydroxyl groups excluding tert-OH is 1. The smallest absolute Gasteiger partial charge is 0.246 e. The number of ketones is 2. The number of aromatic hydroxyl groups is 2. The molecule has 3 aromatic carbocycles. The maximum atomic E-state index is 14.6. The zero-order valence-corrected chi connectivity index (χ0v) is 48.1. The van der Waals surface area contributed by atoms with Crippen LogP contribution in [0.15, 0.2) is 60.7 Å². The molecule has 8 atom stereocenters. The van der Waals surface area contributed by atoms with Crippen molar-refractivity contribution in [2.45, 2.75) is 137 Å². The Labute approximate surface area is 469 Å². The van der Waals surface area contributed by atoms with Crippen molar-refractivity contribution in [1.29, 1.82) is 0 Å². The van der Waals surface area contributed by atoms with Gasteiger partial charge >= 0.3 is 0 Å². The highest BCUT2D eigenvalue weighted by molar-refractivity contribution is 6.02. The number of likely N-dealkylation sites (tertiary alicyclic amines) is 2. The molecule has 3 aromatic rings. The van der Waals surface area contributed by atoms with Gasteiger partial charge in [-0.2, -0.15) is 0 Å². The molecule has 0 spiro atoms. The minimum Gasteiger partial charge on any atom is -0.508 e. The number of phenolic OH excluding ortho intramolecular Hbond substituents is 1. The first-order chi connectivity index (χ1) is 35.7. The number of Topliss-reactive ketones (excluding diaryl/α,β-unsaturated/α-hetero) is 2. The molecule has 9 N–H and O–H groups in total. The van der Waals surface area contributed by atoms with Crippen molar-refractivity contribution in [2.75, 3.05) is 34.3 Å². The van der Waals surface area contributed by atoms with E-state index in [0.29, 0.717) is 16.7 Å². The van der Waals surface area contributed by atoms with Gasteiger partial charge in [-0.15, -0.1) is 24.8 Å². The Bertz CT molecular complexity index is 2470. The van der Waals surface area contributed by atoms with Gasteiger partial charge in [0.1, 0.15) is 29.9 Å². The highest BCUT2D eigenvalue weighted by Crippen LogP contribution is 2.34. The van der Waals surface area contributed by atoms with Crippen LogP contribution in [0.4, 0.5) is 0 Å². The van der Waals surface area contributed by atoms with Crippen molar-refractivity contribution in [3.8, 4) is 17.2 Å². The fourth-order valence-electron chi connectivity index (χ4n) is 9.49. The van der Waals surface area contributed by atoms with Crippen molar-refractivity contribution in [3.63, 3.8) is 0 Å². The van der Waals surface area contributed by atoms with E-state index < -0.39 is 94.4 Å². The number of hydrogen-bond acceptors (Lipinski definition) is 14. The quantitative estimate of drug-likeness (QED) is 0.0645. The van der Waals surface area contributed by atoms with Crippen molar-refractivity contribution in [3.05, 3.63) is 88.5 Å². The van der Waals surface area contributed by atoms with E-state index in [1.54, 1.807) is 106 Å². The van der Waals surface area contributed by atoms with Gasteiger partial charge in [0.25, 0.3) is 0 Å². The summed E-state index contributed by atoms with van der Waals surface area (Å²) in [4.78, 5) is 115. The van der Waals surface area contributed by atoms with Crippen molar-refractivity contribution < 1.29 is 58.4 Å². The summed E-state index contributed by atoms with van der Waals surface area (Å²) in [6.45, 7) is 13.8. The van der Waals surface area contributed by atoms with Crippen LogP contribution in [0, 0.1) is 22.7 Å². The summed E-state index contributed by atoms with van der Waals surface area (Å²) in [5.41, 5.74) is 0.334. The second-order valence-corrected chi connectivity index (χ2v) is 22.3. The molecule has 0 saturated carbocycles. The zero-order chi connectivity index (χ0) is 56.4. The van der Waals surface area contributed by atoms with Gasteiger partial charge < -0.3 is 61.8 Å². The lowest BCUT2D eigenvalue weighted by atomic mass is 9.85. The number of benzene rings is 3. The molecule has 2 heterocycles. The van der Waals surface area contributed by atoms with Gasteiger partial charge in [0.05, 0.1) is 25.8 Å². The highest BCUT2D eigenvalue weighted by atomic mass is 35.5. The minimum absolute atomic E-state index is 0. The van der Waals surface area contributed by atoms with Crippen LogP contribution >= 0.6 is 24.8 Å². The van der Waals surface area contributed by atoms with Gasteiger partial charge in [0.15, 0.2) is 23.1 Å². The first kappa shape index (κ1) is 66.0. The van der Waals surface area contributed by atoms with E-state index in [4.69, 9.17) is 4.74 Å². The highest BCUT2D eigenvalue weighted by Gasteiger charge is 2.47. The molecule has 6 amide bonds. The number of carbonyl (C=O) groups excluding carboxylic acids is 8. The maximum absolute atomic E-state index is 14.6. The standard InChI is InChI=1S/C56H78N8O12.2ClH/c1-31(57-9)49(70)61-47(55(3,4)5)53(74)63-28-35(19-40(63)51(72)59-26-33-15-17-39(30-65)44(68)21-33)23-42(66)37-13-12-14-38(25-37)43(67)24-36-20-41(52(73)60-27-34-16-18-46(76-11)45(69)22-34)64(29-36)54(75)48(56(6,7)8)62-50(71)32(2)58-10;;/h12-18,21-22,25,31-32,35-36,40-41,47-48,57-58,65,68-69H,19-20,23-24,26-30H2,1-11H3,(H,59,72)(H,60,73)(H,61,70)(H,62,71);2*1H/t31-,32-,35+,36+,40-,41-,47+,48+;;/m0../s1. The molecular weight excluding hydrogens is 1050 g/mol. The summed E-state index contributed by atoms with van der Waals surface area (Å²) >= 11 is 0. The minimum atomic E-state index is -1.04. The molecule has 78 heavy (non-hydrogen) atoms. The van der Waals surface area contributed by atoms with Gasteiger partial charge in [-0.1, -0.05) is 77.9 Å². The Balaban J connectivity index is 0.00000800. The fraction of sp³-hybridized carbons (Fsp3) is 0.536. The summed E-state index contributed by atoms with van der Waals surface area (Å²) in [7, 11) is 4.66. The summed E-state index contributed by atoms with van der Waals surface area (Å²) < 4.78 is 5.14. The predicted octanol–water partition coefficient (Wildman–Crippen LogP) is 3.93. The van der Waals surface area contributed by atoms with E-state index in [1.165, 1.54) is 41.2 Å². The van der Waals surface area contributed by atoms with Crippen molar-refractivity contribution in [1.82, 2.24) is 41.7 Å². The first-order valence-electron chi connectivity index (χ1n) is 25.8. The molecule has 5 rings (SSSR count). The van der Waals surface area contributed by atoms with E-state index >= 15 is 0 Å². The Hall–Kier alpha value is -6.32.